The Labute approximate surface area is 123 Å². The van der Waals surface area contributed by atoms with Crippen LogP contribution < -0.4 is 5.32 Å². The molecule has 1 fully saturated rings. The van der Waals surface area contributed by atoms with Crippen LogP contribution in [-0.4, -0.2) is 55.7 Å². The first-order chi connectivity index (χ1) is 9.41. The van der Waals surface area contributed by atoms with Crippen molar-refractivity contribution >= 4 is 30.0 Å². The molecule has 20 heavy (non-hydrogen) atoms. The maximum absolute atomic E-state index is 10.9. The maximum atomic E-state index is 10.9. The number of nitrogens with zero attached hydrogens (tertiary/aromatic N) is 1. The predicted octanol–water partition coefficient (Wildman–Crippen LogP) is 0.660. The van der Waals surface area contributed by atoms with Crippen LogP contribution in [0, 0.1) is 5.41 Å². The van der Waals surface area contributed by atoms with Gasteiger partial charge in [-0.05, 0) is 6.92 Å². The van der Waals surface area contributed by atoms with Crippen molar-refractivity contribution in [3.63, 3.8) is 0 Å². The smallest absolute Gasteiger partial charge is 0.238 e. The number of hydrogen-bond donors (Lipinski definition) is 1. The molecule has 0 aromatic carbocycles. The Morgan fingerprint density at radius 1 is 1.55 bits per heavy atom. The van der Waals surface area contributed by atoms with Crippen molar-refractivity contribution < 1.29 is 19.1 Å². The lowest BCUT2D eigenvalue weighted by Crippen LogP contribution is -2.32. The summed E-state index contributed by atoms with van der Waals surface area (Å²) in [5.41, 5.74) is 0.0374. The van der Waals surface area contributed by atoms with E-state index in [1.54, 1.807) is 13.1 Å². The van der Waals surface area contributed by atoms with Crippen LogP contribution in [0.4, 0.5) is 0 Å². The fourth-order valence-electron chi connectivity index (χ4n) is 1.56. The Morgan fingerprint density at radius 2 is 2.20 bits per heavy atom. The second-order valence-corrected chi connectivity index (χ2v) is 5.89. The molecule has 1 N–H and O–H groups in total. The second-order valence-electron chi connectivity index (χ2n) is 4.93. The molecule has 1 aliphatic rings. The average molecular weight is 302 g/mol. The number of rotatable bonds is 6. The van der Waals surface area contributed by atoms with Gasteiger partial charge in [0.1, 0.15) is 0 Å². The molecule has 1 rings (SSSR count). The van der Waals surface area contributed by atoms with Crippen molar-refractivity contribution in [2.45, 2.75) is 20.8 Å². The first-order valence-electron chi connectivity index (χ1n) is 6.26. The van der Waals surface area contributed by atoms with Crippen molar-refractivity contribution in [3.05, 3.63) is 5.03 Å². The van der Waals surface area contributed by atoms with Crippen LogP contribution in [-0.2, 0) is 19.1 Å². The number of hydrogen-bond acceptors (Lipinski definition) is 5. The van der Waals surface area contributed by atoms with Gasteiger partial charge in [-0.3, -0.25) is 14.5 Å². The summed E-state index contributed by atoms with van der Waals surface area (Å²) in [6, 6.07) is 0. The van der Waals surface area contributed by atoms with Crippen LogP contribution in [0.25, 0.3) is 0 Å². The molecule has 1 aliphatic heterocycles. The SMILES string of the molecule is CCN1C(=O)CSC1=C=O.COCC(C)(C)CNC=O. The van der Waals surface area contributed by atoms with Crippen LogP contribution in [0.2, 0.25) is 0 Å². The van der Waals surface area contributed by atoms with Gasteiger partial charge in [0.2, 0.25) is 12.3 Å². The summed E-state index contributed by atoms with van der Waals surface area (Å²) in [6.07, 6.45) is 0.706. The summed E-state index contributed by atoms with van der Waals surface area (Å²) in [4.78, 5) is 32.4. The van der Waals surface area contributed by atoms with Gasteiger partial charge in [0.25, 0.3) is 0 Å². The Kier molecular flexibility index (Phi) is 8.96. The number of thioether (sulfide) groups is 1. The normalized spacial score (nSPS) is 14.5. The lowest BCUT2D eigenvalue weighted by Gasteiger charge is -2.22. The minimum absolute atomic E-state index is 0.00542. The van der Waals surface area contributed by atoms with E-state index in [1.165, 1.54) is 16.7 Å². The lowest BCUT2D eigenvalue weighted by molar-refractivity contribution is -0.125. The molecule has 2 amide bonds. The number of carbonyl (C=O) groups is 2. The molecular weight excluding hydrogens is 280 g/mol. The Hall–Kier alpha value is -1.30. The Balaban J connectivity index is 0.000000361. The average Bonchev–Trinajstić information content (AvgIpc) is 2.77. The molecule has 7 heteroatoms. The number of nitrogens with one attached hydrogen (secondary N) is 1. The van der Waals surface area contributed by atoms with E-state index >= 15 is 0 Å². The summed E-state index contributed by atoms with van der Waals surface area (Å²) in [6.45, 7) is 7.79. The maximum Gasteiger partial charge on any atom is 0.238 e. The van der Waals surface area contributed by atoms with E-state index in [0.717, 1.165) is 0 Å². The first kappa shape index (κ1) is 18.7. The predicted molar refractivity (Wildman–Crippen MR) is 78.8 cm³/mol. The molecule has 114 valence electrons. The van der Waals surface area contributed by atoms with E-state index in [9.17, 15) is 14.4 Å². The highest BCUT2D eigenvalue weighted by molar-refractivity contribution is 8.04. The van der Waals surface area contributed by atoms with Gasteiger partial charge in [0.05, 0.1) is 12.4 Å². The fourth-order valence-corrected chi connectivity index (χ4v) is 2.43. The number of methoxy groups -OCH3 is 1. The molecular formula is C13H22N2O4S. The number of amides is 2. The number of ether oxygens (including phenoxy) is 1. The third kappa shape index (κ3) is 6.75. The zero-order valence-electron chi connectivity index (χ0n) is 12.4. The van der Waals surface area contributed by atoms with E-state index in [4.69, 9.17) is 4.74 Å². The number of carbonyl (C=O) groups excluding carboxylic acids is 3. The lowest BCUT2D eigenvalue weighted by atomic mass is 9.95. The molecule has 0 aliphatic carbocycles. The van der Waals surface area contributed by atoms with Gasteiger partial charge in [0, 0.05) is 25.6 Å². The van der Waals surface area contributed by atoms with Crippen molar-refractivity contribution in [3.8, 4) is 0 Å². The molecule has 0 aromatic rings. The van der Waals surface area contributed by atoms with E-state index in [1.807, 2.05) is 20.8 Å². The van der Waals surface area contributed by atoms with E-state index < -0.39 is 0 Å². The molecule has 6 nitrogen and oxygen atoms in total. The molecule has 0 aromatic heterocycles. The van der Waals surface area contributed by atoms with Gasteiger partial charge < -0.3 is 10.1 Å². The first-order valence-corrected chi connectivity index (χ1v) is 7.24. The van der Waals surface area contributed by atoms with Crippen LogP contribution in [0.15, 0.2) is 5.03 Å². The Morgan fingerprint density at radius 3 is 2.60 bits per heavy atom. The van der Waals surface area contributed by atoms with Gasteiger partial charge in [0.15, 0.2) is 11.0 Å². The third-order valence-electron chi connectivity index (χ3n) is 2.48. The monoisotopic (exact) mass is 302 g/mol. The summed E-state index contributed by atoms with van der Waals surface area (Å²) < 4.78 is 4.95. The van der Waals surface area contributed by atoms with Crippen molar-refractivity contribution in [1.29, 1.82) is 0 Å². The van der Waals surface area contributed by atoms with Crippen molar-refractivity contribution in [2.24, 2.45) is 5.41 Å². The summed E-state index contributed by atoms with van der Waals surface area (Å²) in [5.74, 6) is 2.12. The zero-order valence-corrected chi connectivity index (χ0v) is 13.2. The fraction of sp³-hybridized carbons (Fsp3) is 0.692. The molecule has 0 spiro atoms. The molecule has 0 bridgehead atoms. The summed E-state index contributed by atoms with van der Waals surface area (Å²) in [5, 5.41) is 3.04. The van der Waals surface area contributed by atoms with E-state index in [2.05, 4.69) is 5.32 Å². The van der Waals surface area contributed by atoms with Crippen molar-refractivity contribution in [1.82, 2.24) is 10.2 Å². The quantitative estimate of drug-likeness (QED) is 0.576. The minimum Gasteiger partial charge on any atom is -0.384 e. The van der Waals surface area contributed by atoms with Crippen LogP contribution >= 0.6 is 11.8 Å². The zero-order chi connectivity index (χ0) is 15.6. The van der Waals surface area contributed by atoms with Crippen molar-refractivity contribution in [2.75, 3.05) is 32.6 Å². The van der Waals surface area contributed by atoms with E-state index in [-0.39, 0.29) is 11.3 Å². The van der Waals surface area contributed by atoms with Crippen LogP contribution in [0.5, 0.6) is 0 Å². The van der Waals surface area contributed by atoms with Gasteiger partial charge >= 0.3 is 0 Å². The van der Waals surface area contributed by atoms with E-state index in [0.29, 0.717) is 36.9 Å². The topological polar surface area (TPSA) is 75.7 Å². The van der Waals surface area contributed by atoms with Gasteiger partial charge in [-0.15, -0.1) is 0 Å². The molecule has 0 radical (unpaired) electrons. The van der Waals surface area contributed by atoms with Gasteiger partial charge in [-0.1, -0.05) is 25.6 Å². The second kappa shape index (κ2) is 9.58. The largest absolute Gasteiger partial charge is 0.384 e. The highest BCUT2D eigenvalue weighted by Crippen LogP contribution is 2.25. The highest BCUT2D eigenvalue weighted by atomic mass is 32.2. The molecule has 0 saturated carbocycles. The molecule has 0 atom stereocenters. The highest BCUT2D eigenvalue weighted by Gasteiger charge is 2.25. The third-order valence-corrected chi connectivity index (χ3v) is 3.45. The Bertz CT molecular complexity index is 379. The van der Waals surface area contributed by atoms with Gasteiger partial charge in [-0.25, -0.2) is 4.79 Å². The molecule has 0 unspecified atom stereocenters. The minimum atomic E-state index is 0.00542. The van der Waals surface area contributed by atoms with Crippen LogP contribution in [0.3, 0.4) is 0 Å². The van der Waals surface area contributed by atoms with Crippen LogP contribution in [0.1, 0.15) is 20.8 Å². The van der Waals surface area contributed by atoms with Gasteiger partial charge in [-0.2, -0.15) is 0 Å². The standard InChI is InChI=1S/C7H15NO2.C6H7NO2S/c1-7(2,5-10-3)4-8-6-9;1-2-7-5(9)4-10-6(7)3-8/h6H,4-5H2,1-3H3,(H,8,9);2,4H2,1H3. The molecule has 1 saturated heterocycles. The molecule has 1 heterocycles. The summed E-state index contributed by atoms with van der Waals surface area (Å²) in [7, 11) is 1.66. The summed E-state index contributed by atoms with van der Waals surface area (Å²) >= 11 is 1.25.